The Bertz CT molecular complexity index is 342. The van der Waals surface area contributed by atoms with E-state index in [-0.39, 0.29) is 0 Å². The smallest absolute Gasteiger partial charge is 0.130 e. The summed E-state index contributed by atoms with van der Waals surface area (Å²) < 4.78 is 13.7. The maximum atomic E-state index is 13.7. The summed E-state index contributed by atoms with van der Waals surface area (Å²) in [5.41, 5.74) is 6.99. The average Bonchev–Trinajstić information content (AvgIpc) is 2.19. The third kappa shape index (κ3) is 3.49. The van der Waals surface area contributed by atoms with Gasteiger partial charge in [-0.1, -0.05) is 12.1 Å². The molecule has 3 heteroatoms. The second-order valence-electron chi connectivity index (χ2n) is 4.57. The lowest BCUT2D eigenvalue weighted by atomic mass is 9.97. The minimum Gasteiger partial charge on any atom is -0.385 e. The molecule has 0 fully saturated rings. The van der Waals surface area contributed by atoms with Gasteiger partial charge in [-0.2, -0.15) is 0 Å². The van der Waals surface area contributed by atoms with Crippen LogP contribution >= 0.6 is 0 Å². The first-order chi connectivity index (χ1) is 7.45. The Morgan fingerprint density at radius 3 is 2.56 bits per heavy atom. The molecule has 0 aliphatic rings. The Morgan fingerprint density at radius 1 is 1.38 bits per heavy atom. The van der Waals surface area contributed by atoms with E-state index in [9.17, 15) is 4.39 Å². The van der Waals surface area contributed by atoms with Crippen LogP contribution in [0.3, 0.4) is 0 Å². The summed E-state index contributed by atoms with van der Waals surface area (Å²) in [5.74, 6) is 0. The van der Waals surface area contributed by atoms with Gasteiger partial charge in [-0.15, -0.1) is 0 Å². The zero-order chi connectivity index (χ0) is 12.2. The predicted octanol–water partition coefficient (Wildman–Crippen LogP) is 2.96. The number of anilines is 1. The molecular formula is C13H21FN2. The fraction of sp³-hybridized carbons (Fsp3) is 0.538. The normalized spacial score (nSPS) is 11.6. The molecule has 0 bridgehead atoms. The average molecular weight is 224 g/mol. The number of alkyl halides is 1. The van der Waals surface area contributed by atoms with Crippen LogP contribution in [-0.4, -0.2) is 13.1 Å². The molecule has 0 aromatic heterocycles. The molecule has 16 heavy (non-hydrogen) atoms. The SMILES string of the molecule is Cc1cc(C(C)(C)F)ccc1NCCCN. The fourth-order valence-corrected chi connectivity index (χ4v) is 1.56. The first kappa shape index (κ1) is 13.0. The molecule has 1 rings (SSSR count). The van der Waals surface area contributed by atoms with E-state index in [1.54, 1.807) is 13.8 Å². The number of hydrogen-bond acceptors (Lipinski definition) is 2. The van der Waals surface area contributed by atoms with Gasteiger partial charge in [0.05, 0.1) is 0 Å². The molecule has 0 aliphatic carbocycles. The van der Waals surface area contributed by atoms with E-state index in [0.29, 0.717) is 6.54 Å². The molecule has 90 valence electrons. The first-order valence-corrected chi connectivity index (χ1v) is 5.69. The topological polar surface area (TPSA) is 38.0 Å². The van der Waals surface area contributed by atoms with Crippen LogP contribution in [0.1, 0.15) is 31.4 Å². The molecular weight excluding hydrogens is 203 g/mol. The Morgan fingerprint density at radius 2 is 2.06 bits per heavy atom. The van der Waals surface area contributed by atoms with Gasteiger partial charge in [0.2, 0.25) is 0 Å². The van der Waals surface area contributed by atoms with Crippen LogP contribution in [0, 0.1) is 6.92 Å². The molecule has 3 N–H and O–H groups in total. The van der Waals surface area contributed by atoms with Gasteiger partial charge in [-0.25, -0.2) is 4.39 Å². The Kier molecular flexibility index (Phi) is 4.30. The van der Waals surface area contributed by atoms with Crippen molar-refractivity contribution in [1.82, 2.24) is 0 Å². The van der Waals surface area contributed by atoms with Gasteiger partial charge in [-0.05, 0) is 50.9 Å². The van der Waals surface area contributed by atoms with Crippen molar-refractivity contribution in [3.63, 3.8) is 0 Å². The van der Waals surface area contributed by atoms with Gasteiger partial charge in [0.25, 0.3) is 0 Å². The molecule has 0 unspecified atom stereocenters. The van der Waals surface area contributed by atoms with Gasteiger partial charge in [0.1, 0.15) is 5.67 Å². The maximum Gasteiger partial charge on any atom is 0.130 e. The van der Waals surface area contributed by atoms with Crippen LogP contribution in [0.4, 0.5) is 10.1 Å². The van der Waals surface area contributed by atoms with Crippen LogP contribution in [-0.2, 0) is 5.67 Å². The molecule has 0 heterocycles. The predicted molar refractivity (Wildman–Crippen MR) is 67.5 cm³/mol. The highest BCUT2D eigenvalue weighted by Gasteiger charge is 2.18. The molecule has 0 spiro atoms. The zero-order valence-corrected chi connectivity index (χ0v) is 10.3. The number of hydrogen-bond donors (Lipinski definition) is 2. The third-order valence-electron chi connectivity index (χ3n) is 2.61. The summed E-state index contributed by atoms with van der Waals surface area (Å²) in [5, 5.41) is 3.29. The van der Waals surface area contributed by atoms with Gasteiger partial charge >= 0.3 is 0 Å². The van der Waals surface area contributed by atoms with Gasteiger partial charge < -0.3 is 11.1 Å². The highest BCUT2D eigenvalue weighted by molar-refractivity contribution is 5.52. The number of benzene rings is 1. The monoisotopic (exact) mass is 224 g/mol. The molecule has 2 nitrogen and oxygen atoms in total. The summed E-state index contributed by atoms with van der Waals surface area (Å²) in [6, 6.07) is 5.66. The first-order valence-electron chi connectivity index (χ1n) is 5.69. The number of rotatable bonds is 5. The van der Waals surface area contributed by atoms with Crippen molar-refractivity contribution in [2.24, 2.45) is 5.73 Å². The molecule has 1 aromatic carbocycles. The standard InChI is InChI=1S/C13H21FN2/c1-10-9-11(13(2,3)14)5-6-12(10)16-8-4-7-15/h5-6,9,16H,4,7-8,15H2,1-3H3. The van der Waals surface area contributed by atoms with Crippen molar-refractivity contribution in [3.05, 3.63) is 29.3 Å². The molecule has 0 saturated carbocycles. The number of aryl methyl sites for hydroxylation is 1. The molecule has 0 amide bonds. The second-order valence-corrected chi connectivity index (χ2v) is 4.57. The van der Waals surface area contributed by atoms with E-state index in [1.165, 1.54) is 0 Å². The number of halogens is 1. The van der Waals surface area contributed by atoms with E-state index in [4.69, 9.17) is 5.73 Å². The molecule has 0 aliphatic heterocycles. The quantitative estimate of drug-likeness (QED) is 0.755. The van der Waals surface area contributed by atoms with Crippen LogP contribution in [0.5, 0.6) is 0 Å². The van der Waals surface area contributed by atoms with Crippen LogP contribution in [0.25, 0.3) is 0 Å². The van der Waals surface area contributed by atoms with Gasteiger partial charge in [0, 0.05) is 12.2 Å². The van der Waals surface area contributed by atoms with E-state index < -0.39 is 5.67 Å². The van der Waals surface area contributed by atoms with Crippen molar-refractivity contribution in [2.75, 3.05) is 18.4 Å². The summed E-state index contributed by atoms with van der Waals surface area (Å²) in [7, 11) is 0. The minimum absolute atomic E-state index is 0.682. The Balaban J connectivity index is 2.76. The Hall–Kier alpha value is -1.09. The summed E-state index contributed by atoms with van der Waals surface area (Å²) in [6.07, 6.45) is 0.940. The molecule has 0 radical (unpaired) electrons. The van der Waals surface area contributed by atoms with Crippen molar-refractivity contribution in [1.29, 1.82) is 0 Å². The highest BCUT2D eigenvalue weighted by Crippen LogP contribution is 2.27. The number of nitrogens with two attached hydrogens (primary N) is 1. The minimum atomic E-state index is -1.28. The Labute approximate surface area is 97.0 Å². The maximum absolute atomic E-state index is 13.7. The summed E-state index contributed by atoms with van der Waals surface area (Å²) >= 11 is 0. The van der Waals surface area contributed by atoms with Crippen LogP contribution < -0.4 is 11.1 Å². The largest absolute Gasteiger partial charge is 0.385 e. The lowest BCUT2D eigenvalue weighted by Gasteiger charge is -2.17. The lowest BCUT2D eigenvalue weighted by Crippen LogP contribution is -2.11. The summed E-state index contributed by atoms with van der Waals surface area (Å²) in [4.78, 5) is 0. The highest BCUT2D eigenvalue weighted by atomic mass is 19.1. The molecule has 0 saturated heterocycles. The third-order valence-corrected chi connectivity index (χ3v) is 2.61. The fourth-order valence-electron chi connectivity index (χ4n) is 1.56. The zero-order valence-electron chi connectivity index (χ0n) is 10.3. The van der Waals surface area contributed by atoms with E-state index in [0.717, 1.165) is 29.8 Å². The van der Waals surface area contributed by atoms with Crippen LogP contribution in [0.2, 0.25) is 0 Å². The van der Waals surface area contributed by atoms with Crippen molar-refractivity contribution >= 4 is 5.69 Å². The molecule has 0 atom stereocenters. The lowest BCUT2D eigenvalue weighted by molar-refractivity contribution is 0.221. The van der Waals surface area contributed by atoms with Crippen molar-refractivity contribution < 1.29 is 4.39 Å². The van der Waals surface area contributed by atoms with E-state index in [2.05, 4.69) is 5.32 Å². The van der Waals surface area contributed by atoms with Gasteiger partial charge in [0.15, 0.2) is 0 Å². The van der Waals surface area contributed by atoms with E-state index in [1.807, 2.05) is 25.1 Å². The van der Waals surface area contributed by atoms with Gasteiger partial charge in [-0.3, -0.25) is 0 Å². The van der Waals surface area contributed by atoms with E-state index >= 15 is 0 Å². The van der Waals surface area contributed by atoms with Crippen molar-refractivity contribution in [2.45, 2.75) is 32.9 Å². The van der Waals surface area contributed by atoms with Crippen LogP contribution in [0.15, 0.2) is 18.2 Å². The number of nitrogens with one attached hydrogen (secondary N) is 1. The summed E-state index contributed by atoms with van der Waals surface area (Å²) in [6.45, 7) is 6.67. The molecule has 1 aromatic rings. The second kappa shape index (κ2) is 5.30. The van der Waals surface area contributed by atoms with Crippen molar-refractivity contribution in [3.8, 4) is 0 Å².